The van der Waals surface area contributed by atoms with Crippen molar-refractivity contribution in [2.45, 2.75) is 19.4 Å². The third-order valence-electron chi connectivity index (χ3n) is 2.17. The predicted octanol–water partition coefficient (Wildman–Crippen LogP) is 1.40. The minimum Gasteiger partial charge on any atom is -0.481 e. The number of carbonyl (C=O) groups excluding carboxylic acids is 1. The maximum atomic E-state index is 13.4. The molecule has 0 heterocycles. The second-order valence-corrected chi connectivity index (χ2v) is 3.46. The van der Waals surface area contributed by atoms with Gasteiger partial charge in [-0.25, -0.2) is 4.39 Å². The van der Waals surface area contributed by atoms with Crippen molar-refractivity contribution in [2.75, 3.05) is 0 Å². The number of carboxylic acid groups (broad SMARTS) is 1. The molecule has 0 spiro atoms. The molecule has 1 aromatic carbocycles. The quantitative estimate of drug-likeness (QED) is 0.744. The summed E-state index contributed by atoms with van der Waals surface area (Å²) in [6.45, 7) is 1.77. The van der Waals surface area contributed by atoms with Crippen molar-refractivity contribution in [1.29, 1.82) is 0 Å². The number of carbonyl (C=O) groups is 2. The van der Waals surface area contributed by atoms with Crippen molar-refractivity contribution in [3.63, 3.8) is 0 Å². The average molecular weight is 225 g/mol. The predicted molar refractivity (Wildman–Crippen MR) is 55.3 cm³/mol. The van der Waals surface area contributed by atoms with Crippen molar-refractivity contribution in [2.24, 2.45) is 0 Å². The summed E-state index contributed by atoms with van der Waals surface area (Å²) in [6.07, 6.45) is 0.0223. The van der Waals surface area contributed by atoms with E-state index in [9.17, 15) is 14.0 Å². The Morgan fingerprint density at radius 1 is 1.62 bits per heavy atom. The van der Waals surface area contributed by atoms with Crippen molar-refractivity contribution in [3.8, 4) is 0 Å². The molecule has 2 N–H and O–H groups in total. The largest absolute Gasteiger partial charge is 0.481 e. The molecule has 16 heavy (non-hydrogen) atoms. The summed E-state index contributed by atoms with van der Waals surface area (Å²) in [6, 6.07) is 3.53. The van der Waals surface area contributed by atoms with Crippen molar-refractivity contribution < 1.29 is 19.1 Å². The lowest BCUT2D eigenvalue weighted by atomic mass is 10.0. The second-order valence-electron chi connectivity index (χ2n) is 3.46. The molecule has 86 valence electrons. The van der Waals surface area contributed by atoms with E-state index in [1.807, 2.05) is 0 Å². The van der Waals surface area contributed by atoms with Gasteiger partial charge < -0.3 is 10.4 Å². The van der Waals surface area contributed by atoms with Crippen molar-refractivity contribution in [1.82, 2.24) is 5.32 Å². The Morgan fingerprint density at radius 2 is 2.31 bits per heavy atom. The van der Waals surface area contributed by atoms with Gasteiger partial charge in [0.15, 0.2) is 0 Å². The zero-order chi connectivity index (χ0) is 12.1. The summed E-state index contributed by atoms with van der Waals surface area (Å²) in [5, 5.41) is 11.0. The highest BCUT2D eigenvalue weighted by Gasteiger charge is 2.18. The molecule has 0 aliphatic carbocycles. The van der Waals surface area contributed by atoms with Crippen LogP contribution in [0.1, 0.15) is 23.6 Å². The first-order valence-electron chi connectivity index (χ1n) is 4.72. The first-order valence-corrected chi connectivity index (χ1v) is 4.72. The Hall–Kier alpha value is -1.91. The van der Waals surface area contributed by atoms with Gasteiger partial charge in [0.2, 0.25) is 6.41 Å². The lowest BCUT2D eigenvalue weighted by Crippen LogP contribution is -2.23. The van der Waals surface area contributed by atoms with Crippen LogP contribution >= 0.6 is 0 Å². The first-order chi connectivity index (χ1) is 7.54. The highest BCUT2D eigenvalue weighted by Crippen LogP contribution is 2.21. The van der Waals surface area contributed by atoms with E-state index < -0.39 is 17.8 Å². The van der Waals surface area contributed by atoms with Gasteiger partial charge in [-0.3, -0.25) is 9.59 Å². The SMILES string of the molecule is Cc1ccc(F)c([C@H](CC(=O)O)NC=O)c1. The Balaban J connectivity index is 3.03. The fourth-order valence-corrected chi connectivity index (χ4v) is 1.45. The van der Waals surface area contributed by atoms with Crippen LogP contribution in [0.2, 0.25) is 0 Å². The molecule has 0 unspecified atom stereocenters. The zero-order valence-electron chi connectivity index (χ0n) is 8.74. The Morgan fingerprint density at radius 3 is 2.88 bits per heavy atom. The van der Waals surface area contributed by atoms with E-state index in [2.05, 4.69) is 5.32 Å². The third kappa shape index (κ3) is 3.05. The Labute approximate surface area is 92.1 Å². The molecule has 0 bridgehead atoms. The van der Waals surface area contributed by atoms with Crippen molar-refractivity contribution in [3.05, 3.63) is 35.1 Å². The zero-order valence-corrected chi connectivity index (χ0v) is 8.74. The number of rotatable bonds is 5. The monoisotopic (exact) mass is 225 g/mol. The molecule has 0 aliphatic heterocycles. The highest BCUT2D eigenvalue weighted by molar-refractivity contribution is 5.68. The van der Waals surface area contributed by atoms with Crippen LogP contribution in [0.3, 0.4) is 0 Å². The molecule has 0 fully saturated rings. The standard InChI is InChI=1S/C11H12FNO3/c1-7-2-3-9(12)8(4-7)10(13-6-14)5-11(15)16/h2-4,6,10H,5H2,1H3,(H,13,14)(H,15,16)/t10-/m0/s1. The summed E-state index contributed by atoms with van der Waals surface area (Å²) in [5.41, 5.74) is 0.994. The number of carboxylic acids is 1. The number of halogens is 1. The third-order valence-corrected chi connectivity index (χ3v) is 2.17. The summed E-state index contributed by atoms with van der Waals surface area (Å²) >= 11 is 0. The van der Waals surface area contributed by atoms with Gasteiger partial charge in [-0.05, 0) is 13.0 Å². The Kier molecular flexibility index (Phi) is 3.99. The molecule has 1 amide bonds. The van der Waals surface area contributed by atoms with Crippen LogP contribution in [0.4, 0.5) is 4.39 Å². The van der Waals surface area contributed by atoms with Crippen LogP contribution in [-0.4, -0.2) is 17.5 Å². The minimum absolute atomic E-state index is 0.189. The van der Waals surface area contributed by atoms with Gasteiger partial charge in [-0.2, -0.15) is 0 Å². The van der Waals surface area contributed by atoms with Crippen LogP contribution in [0.25, 0.3) is 0 Å². The fraction of sp³-hybridized carbons (Fsp3) is 0.273. The minimum atomic E-state index is -1.10. The summed E-state index contributed by atoms with van der Waals surface area (Å²) in [7, 11) is 0. The number of nitrogens with one attached hydrogen (secondary N) is 1. The van der Waals surface area contributed by atoms with E-state index in [-0.39, 0.29) is 12.0 Å². The molecule has 0 aliphatic rings. The lowest BCUT2D eigenvalue weighted by Gasteiger charge is -2.15. The van der Waals surface area contributed by atoms with Gasteiger partial charge in [-0.15, -0.1) is 0 Å². The number of hydrogen-bond donors (Lipinski definition) is 2. The Bertz CT molecular complexity index is 406. The van der Waals surface area contributed by atoms with Crippen molar-refractivity contribution >= 4 is 12.4 Å². The number of amides is 1. The van der Waals surface area contributed by atoms with E-state index in [0.29, 0.717) is 6.41 Å². The maximum absolute atomic E-state index is 13.4. The van der Waals surface area contributed by atoms with E-state index in [0.717, 1.165) is 5.56 Å². The van der Waals surface area contributed by atoms with Crippen LogP contribution in [-0.2, 0) is 9.59 Å². The molecule has 1 aromatic rings. The van der Waals surface area contributed by atoms with Crippen LogP contribution in [0.15, 0.2) is 18.2 Å². The molecule has 1 atom stereocenters. The average Bonchev–Trinajstić information content (AvgIpc) is 2.20. The van der Waals surface area contributed by atoms with Crippen LogP contribution < -0.4 is 5.32 Å². The number of aryl methyl sites for hydroxylation is 1. The highest BCUT2D eigenvalue weighted by atomic mass is 19.1. The molecule has 5 heteroatoms. The molecule has 4 nitrogen and oxygen atoms in total. The molecule has 0 radical (unpaired) electrons. The first kappa shape index (κ1) is 12.2. The normalized spacial score (nSPS) is 11.9. The van der Waals surface area contributed by atoms with Crippen LogP contribution in [0.5, 0.6) is 0 Å². The number of benzene rings is 1. The molecular formula is C11H12FNO3. The van der Waals surface area contributed by atoms with Crippen LogP contribution in [0, 0.1) is 12.7 Å². The van der Waals surface area contributed by atoms with E-state index in [1.54, 1.807) is 13.0 Å². The van der Waals surface area contributed by atoms with Gasteiger partial charge in [0.25, 0.3) is 0 Å². The maximum Gasteiger partial charge on any atom is 0.305 e. The van der Waals surface area contributed by atoms with Gasteiger partial charge in [0, 0.05) is 5.56 Å². The molecule has 0 aromatic heterocycles. The number of hydrogen-bond acceptors (Lipinski definition) is 2. The summed E-state index contributed by atoms with van der Waals surface area (Å²) in [4.78, 5) is 20.9. The van der Waals surface area contributed by atoms with E-state index in [1.165, 1.54) is 12.1 Å². The van der Waals surface area contributed by atoms with Gasteiger partial charge in [0.1, 0.15) is 5.82 Å². The second kappa shape index (κ2) is 5.25. The fourth-order valence-electron chi connectivity index (χ4n) is 1.45. The van der Waals surface area contributed by atoms with Gasteiger partial charge in [0.05, 0.1) is 12.5 Å². The molecule has 0 saturated heterocycles. The van der Waals surface area contributed by atoms with Gasteiger partial charge in [-0.1, -0.05) is 17.7 Å². The van der Waals surface area contributed by atoms with E-state index in [4.69, 9.17) is 5.11 Å². The topological polar surface area (TPSA) is 66.4 Å². The lowest BCUT2D eigenvalue weighted by molar-refractivity contribution is -0.137. The van der Waals surface area contributed by atoms with E-state index >= 15 is 0 Å². The molecular weight excluding hydrogens is 213 g/mol. The van der Waals surface area contributed by atoms with Gasteiger partial charge >= 0.3 is 5.97 Å². The number of aliphatic carboxylic acids is 1. The summed E-state index contributed by atoms with van der Waals surface area (Å²) in [5.74, 6) is -1.62. The summed E-state index contributed by atoms with van der Waals surface area (Å²) < 4.78 is 13.4. The smallest absolute Gasteiger partial charge is 0.305 e. The molecule has 1 rings (SSSR count). The molecule has 0 saturated carbocycles.